The Morgan fingerprint density at radius 2 is 1.67 bits per heavy atom. The average molecular weight is 574 g/mol. The number of aromatic nitrogens is 3. The fraction of sp³-hybridized carbons (Fsp3) is 0.355. The minimum absolute atomic E-state index is 0.0118. The molecule has 1 saturated carbocycles. The van der Waals surface area contributed by atoms with Crippen molar-refractivity contribution in [1.82, 2.24) is 20.3 Å². The molecule has 11 heteroatoms. The molecular formula is C31H35N5O6. The van der Waals surface area contributed by atoms with E-state index in [4.69, 9.17) is 14.2 Å². The summed E-state index contributed by atoms with van der Waals surface area (Å²) in [5.41, 5.74) is 2.15. The maximum absolute atomic E-state index is 14.3. The van der Waals surface area contributed by atoms with Gasteiger partial charge in [0.05, 0.1) is 26.8 Å². The third-order valence-corrected chi connectivity index (χ3v) is 7.60. The van der Waals surface area contributed by atoms with Gasteiger partial charge in [0, 0.05) is 17.8 Å². The summed E-state index contributed by atoms with van der Waals surface area (Å²) in [4.78, 5) is 29.9. The molecule has 0 aliphatic heterocycles. The normalized spacial score (nSPS) is 14.3. The van der Waals surface area contributed by atoms with Gasteiger partial charge in [0.1, 0.15) is 18.1 Å². The average Bonchev–Trinajstić information content (AvgIpc) is 3.42. The molecule has 1 unspecified atom stereocenters. The van der Waals surface area contributed by atoms with Gasteiger partial charge in [-0.1, -0.05) is 42.7 Å². The summed E-state index contributed by atoms with van der Waals surface area (Å²) in [6.07, 6.45) is 4.90. The first-order valence-electron chi connectivity index (χ1n) is 13.9. The van der Waals surface area contributed by atoms with Gasteiger partial charge in [-0.3, -0.25) is 14.5 Å². The van der Waals surface area contributed by atoms with Gasteiger partial charge in [0.15, 0.2) is 23.0 Å². The van der Waals surface area contributed by atoms with Crippen molar-refractivity contribution < 1.29 is 28.9 Å². The zero-order valence-electron chi connectivity index (χ0n) is 23.9. The number of nitrogens with zero attached hydrogens (tertiary/aromatic N) is 4. The van der Waals surface area contributed by atoms with E-state index >= 15 is 0 Å². The molecule has 0 saturated heterocycles. The minimum atomic E-state index is -1.14. The van der Waals surface area contributed by atoms with Crippen LogP contribution in [-0.2, 0) is 16.1 Å². The van der Waals surface area contributed by atoms with Crippen LogP contribution in [0.3, 0.4) is 0 Å². The highest BCUT2D eigenvalue weighted by molar-refractivity contribution is 6.02. The Morgan fingerprint density at radius 3 is 2.38 bits per heavy atom. The number of hydrogen-bond acceptors (Lipinski definition) is 8. The lowest BCUT2D eigenvalue weighted by Crippen LogP contribution is -2.48. The van der Waals surface area contributed by atoms with E-state index in [9.17, 15) is 14.7 Å². The summed E-state index contributed by atoms with van der Waals surface area (Å²) >= 11 is 0. The predicted octanol–water partition coefficient (Wildman–Crippen LogP) is 4.39. The van der Waals surface area contributed by atoms with Gasteiger partial charge in [-0.2, -0.15) is 0 Å². The van der Waals surface area contributed by atoms with Crippen molar-refractivity contribution >= 4 is 28.5 Å². The lowest BCUT2D eigenvalue weighted by molar-refractivity contribution is -0.127. The number of nitrogens with one attached hydrogen (secondary N) is 1. The van der Waals surface area contributed by atoms with Crippen molar-refractivity contribution in [3.63, 3.8) is 0 Å². The third-order valence-electron chi connectivity index (χ3n) is 7.60. The van der Waals surface area contributed by atoms with Gasteiger partial charge in [-0.25, -0.2) is 4.68 Å². The zero-order valence-corrected chi connectivity index (χ0v) is 23.9. The van der Waals surface area contributed by atoms with Gasteiger partial charge in [-0.05, 0) is 54.8 Å². The first-order valence-corrected chi connectivity index (χ1v) is 13.9. The summed E-state index contributed by atoms with van der Waals surface area (Å²) in [7, 11) is 4.48. The number of aromatic hydroxyl groups is 1. The summed E-state index contributed by atoms with van der Waals surface area (Å²) in [6, 6.07) is 15.9. The van der Waals surface area contributed by atoms with Crippen LogP contribution >= 0.6 is 0 Å². The highest BCUT2D eigenvalue weighted by Gasteiger charge is 2.35. The predicted molar refractivity (Wildman–Crippen MR) is 157 cm³/mol. The molecule has 2 N–H and O–H groups in total. The van der Waals surface area contributed by atoms with E-state index in [1.807, 2.05) is 24.3 Å². The second-order valence-corrected chi connectivity index (χ2v) is 10.2. The molecule has 0 radical (unpaired) electrons. The number of methoxy groups -OCH3 is 3. The van der Waals surface area contributed by atoms with Crippen LogP contribution in [0.25, 0.3) is 11.0 Å². The summed E-state index contributed by atoms with van der Waals surface area (Å²) < 4.78 is 17.7. The number of fused-ring (bicyclic) bond motifs is 1. The number of anilines is 1. The first kappa shape index (κ1) is 28.7. The molecule has 3 aromatic carbocycles. The topological polar surface area (TPSA) is 128 Å². The molecule has 1 atom stereocenters. The van der Waals surface area contributed by atoms with Gasteiger partial charge >= 0.3 is 0 Å². The van der Waals surface area contributed by atoms with Crippen LogP contribution in [-0.4, -0.2) is 59.3 Å². The summed E-state index contributed by atoms with van der Waals surface area (Å²) in [6.45, 7) is -0.190. The van der Waals surface area contributed by atoms with Crippen LogP contribution in [0.15, 0.2) is 60.7 Å². The van der Waals surface area contributed by atoms with E-state index in [1.165, 1.54) is 37.0 Å². The number of benzene rings is 3. The number of rotatable bonds is 10. The molecule has 1 fully saturated rings. The number of carbonyl (C=O) groups is 2. The highest BCUT2D eigenvalue weighted by atomic mass is 16.5. The Balaban J connectivity index is 1.62. The maximum Gasteiger partial charge on any atom is 0.249 e. The highest BCUT2D eigenvalue weighted by Crippen LogP contribution is 2.38. The quantitative estimate of drug-likeness (QED) is 0.286. The van der Waals surface area contributed by atoms with Gasteiger partial charge in [0.2, 0.25) is 11.8 Å². The van der Waals surface area contributed by atoms with E-state index in [0.717, 1.165) is 32.1 Å². The van der Waals surface area contributed by atoms with Gasteiger partial charge in [-0.15, -0.1) is 5.10 Å². The molecule has 1 heterocycles. The second-order valence-electron chi connectivity index (χ2n) is 10.2. The first-order chi connectivity index (χ1) is 20.4. The maximum atomic E-state index is 14.3. The molecule has 1 aliphatic rings. The third kappa shape index (κ3) is 5.95. The van der Waals surface area contributed by atoms with Gasteiger partial charge in [0.25, 0.3) is 0 Å². The Morgan fingerprint density at radius 1 is 0.952 bits per heavy atom. The van der Waals surface area contributed by atoms with E-state index in [1.54, 1.807) is 30.3 Å². The van der Waals surface area contributed by atoms with Crippen LogP contribution in [0, 0.1) is 0 Å². The molecule has 5 rings (SSSR count). The van der Waals surface area contributed by atoms with Crippen LogP contribution in [0.5, 0.6) is 23.0 Å². The van der Waals surface area contributed by atoms with Crippen LogP contribution in [0.2, 0.25) is 0 Å². The molecule has 11 nitrogen and oxygen atoms in total. The van der Waals surface area contributed by atoms with Crippen molar-refractivity contribution in [3.05, 3.63) is 66.2 Å². The lowest BCUT2D eigenvalue weighted by Gasteiger charge is -2.34. The molecular weight excluding hydrogens is 538 g/mol. The Hall–Kier alpha value is -4.80. The minimum Gasteiger partial charge on any atom is -0.504 e. The second kappa shape index (κ2) is 12.8. The zero-order chi connectivity index (χ0) is 29.6. The summed E-state index contributed by atoms with van der Waals surface area (Å²) in [5.74, 6) is 0.190. The molecule has 1 aliphatic carbocycles. The number of hydrogen-bond donors (Lipinski definition) is 2. The van der Waals surface area contributed by atoms with E-state index in [2.05, 4.69) is 15.6 Å². The van der Waals surface area contributed by atoms with E-state index < -0.39 is 11.9 Å². The van der Waals surface area contributed by atoms with Crippen molar-refractivity contribution in [2.45, 2.75) is 50.7 Å². The molecule has 2 amide bonds. The van der Waals surface area contributed by atoms with E-state index in [0.29, 0.717) is 33.8 Å². The Kier molecular flexibility index (Phi) is 8.75. The van der Waals surface area contributed by atoms with Crippen LogP contribution < -0.4 is 24.4 Å². The molecule has 4 aromatic rings. The van der Waals surface area contributed by atoms with Crippen molar-refractivity contribution in [1.29, 1.82) is 0 Å². The number of carbonyl (C=O) groups excluding carboxylic acids is 2. The molecule has 0 spiro atoms. The molecule has 0 bridgehead atoms. The SMILES string of the molecule is COc1ccc(C(C(=O)NC2CCCCC2)N(C(=O)Cn2nnc3ccccc32)c2ccc(OC)c(OC)c2)cc1O. The van der Waals surface area contributed by atoms with Crippen LogP contribution in [0.1, 0.15) is 43.7 Å². The number of para-hydroxylation sites is 1. The Bertz CT molecular complexity index is 1560. The number of amides is 2. The van der Waals surface area contributed by atoms with Gasteiger partial charge < -0.3 is 24.6 Å². The fourth-order valence-corrected chi connectivity index (χ4v) is 5.47. The number of phenols is 1. The largest absolute Gasteiger partial charge is 0.504 e. The lowest BCUT2D eigenvalue weighted by atomic mass is 9.94. The number of ether oxygens (including phenoxy) is 3. The molecule has 1 aromatic heterocycles. The molecule has 42 heavy (non-hydrogen) atoms. The molecule has 220 valence electrons. The monoisotopic (exact) mass is 573 g/mol. The van der Waals surface area contributed by atoms with Crippen molar-refractivity contribution in [2.24, 2.45) is 0 Å². The van der Waals surface area contributed by atoms with Crippen LogP contribution in [0.4, 0.5) is 5.69 Å². The number of phenolic OH excluding ortho intramolecular Hbond substituents is 1. The smallest absolute Gasteiger partial charge is 0.249 e. The van der Waals surface area contributed by atoms with E-state index in [-0.39, 0.29) is 30.0 Å². The fourth-order valence-electron chi connectivity index (χ4n) is 5.47. The Labute approximate surface area is 244 Å². The standard InChI is InChI=1S/C31H35N5O6/c1-40-26-15-13-20(17-25(26)37)30(31(39)32-21-9-5-4-6-10-21)36(22-14-16-27(41-2)28(18-22)42-3)29(38)19-35-24-12-8-7-11-23(24)33-34-35/h7-8,11-18,21,30,37H,4-6,9-10,19H2,1-3H3,(H,32,39). The summed E-state index contributed by atoms with van der Waals surface area (Å²) in [5, 5.41) is 22.2. The van der Waals surface area contributed by atoms with Crippen molar-refractivity contribution in [3.8, 4) is 23.0 Å². The van der Waals surface area contributed by atoms with Crippen molar-refractivity contribution in [2.75, 3.05) is 26.2 Å².